The molecular weight excluding hydrogens is 320 g/mol. The molecule has 0 radical (unpaired) electrons. The minimum absolute atomic E-state index is 0.155. The first-order chi connectivity index (χ1) is 11.9. The summed E-state index contributed by atoms with van der Waals surface area (Å²) in [6.07, 6.45) is 7.30. The van der Waals surface area contributed by atoms with Crippen LogP contribution in [0.1, 0.15) is 51.4 Å². The summed E-state index contributed by atoms with van der Waals surface area (Å²) in [4.78, 5) is 29.6. The maximum Gasteiger partial charge on any atom is 0.305 e. The van der Waals surface area contributed by atoms with E-state index in [2.05, 4.69) is 20.4 Å². The Hall–Kier alpha value is -1.79. The lowest BCUT2D eigenvalue weighted by Gasteiger charge is -2.31. The number of nitrogens with one attached hydrogen (secondary N) is 2. The first-order valence-electron chi connectivity index (χ1n) is 9.18. The van der Waals surface area contributed by atoms with Crippen molar-refractivity contribution in [1.29, 1.82) is 0 Å². The highest BCUT2D eigenvalue weighted by molar-refractivity contribution is 5.85. The zero-order valence-corrected chi connectivity index (χ0v) is 16.2. The number of rotatable bonds is 9. The van der Waals surface area contributed by atoms with Gasteiger partial charge in [-0.05, 0) is 25.7 Å². The maximum atomic E-state index is 12.6. The summed E-state index contributed by atoms with van der Waals surface area (Å²) in [5.74, 6) is 0.777. The molecule has 0 saturated heterocycles. The van der Waals surface area contributed by atoms with Crippen LogP contribution in [0, 0.1) is 5.41 Å². The van der Waals surface area contributed by atoms with Crippen molar-refractivity contribution in [2.24, 2.45) is 10.4 Å². The highest BCUT2D eigenvalue weighted by Crippen LogP contribution is 2.38. The molecule has 1 amide bonds. The van der Waals surface area contributed by atoms with Gasteiger partial charge in [0.25, 0.3) is 0 Å². The quantitative estimate of drug-likeness (QED) is 0.284. The predicted molar refractivity (Wildman–Crippen MR) is 99.4 cm³/mol. The van der Waals surface area contributed by atoms with Gasteiger partial charge < -0.3 is 20.3 Å². The van der Waals surface area contributed by atoms with E-state index < -0.39 is 0 Å². The number of methoxy groups -OCH3 is 1. The molecule has 0 spiro atoms. The third kappa shape index (κ3) is 6.92. The van der Waals surface area contributed by atoms with Crippen LogP contribution < -0.4 is 10.6 Å². The molecule has 0 aliphatic heterocycles. The molecule has 1 fully saturated rings. The lowest BCUT2D eigenvalue weighted by atomic mass is 9.84. The molecule has 0 atom stereocenters. The lowest BCUT2D eigenvalue weighted by molar-refractivity contribution is -0.141. The summed E-state index contributed by atoms with van der Waals surface area (Å²) in [5.41, 5.74) is -0.304. The Morgan fingerprint density at radius 2 is 1.80 bits per heavy atom. The van der Waals surface area contributed by atoms with Crippen LogP contribution in [0.4, 0.5) is 0 Å². The van der Waals surface area contributed by atoms with E-state index in [0.29, 0.717) is 13.0 Å². The van der Waals surface area contributed by atoms with Gasteiger partial charge in [-0.15, -0.1) is 0 Å². The average molecular weight is 354 g/mol. The van der Waals surface area contributed by atoms with Crippen LogP contribution in [-0.4, -0.2) is 64.1 Å². The van der Waals surface area contributed by atoms with E-state index in [0.717, 1.165) is 57.5 Å². The van der Waals surface area contributed by atoms with E-state index in [1.807, 2.05) is 14.1 Å². The molecule has 144 valence electrons. The molecular formula is C18H34N4O3. The second kappa shape index (κ2) is 10.9. The fraction of sp³-hybridized carbons (Fsp3) is 0.833. The van der Waals surface area contributed by atoms with Crippen LogP contribution in [0.5, 0.6) is 0 Å². The molecule has 1 aliphatic carbocycles. The monoisotopic (exact) mass is 354 g/mol. The van der Waals surface area contributed by atoms with E-state index >= 15 is 0 Å². The molecule has 7 heteroatoms. The van der Waals surface area contributed by atoms with E-state index in [9.17, 15) is 9.59 Å². The topological polar surface area (TPSA) is 83.0 Å². The SMILES string of the molecule is CN=C(NCCCCCC(=O)OC)NCC1(C(=O)N(C)C)CCCC1. The fourth-order valence-corrected chi connectivity index (χ4v) is 3.35. The Balaban J connectivity index is 2.33. The largest absolute Gasteiger partial charge is 0.469 e. The van der Waals surface area contributed by atoms with Crippen LogP contribution in [0.25, 0.3) is 0 Å². The lowest BCUT2D eigenvalue weighted by Crippen LogP contribution is -2.49. The van der Waals surface area contributed by atoms with Gasteiger partial charge in [0, 0.05) is 40.7 Å². The number of hydrogen-bond donors (Lipinski definition) is 2. The first kappa shape index (κ1) is 21.3. The van der Waals surface area contributed by atoms with Crippen molar-refractivity contribution in [3.05, 3.63) is 0 Å². The zero-order valence-electron chi connectivity index (χ0n) is 16.2. The summed E-state index contributed by atoms with van der Waals surface area (Å²) in [6.45, 7) is 1.40. The first-order valence-corrected chi connectivity index (χ1v) is 9.18. The molecule has 0 aromatic rings. The second-order valence-corrected chi connectivity index (χ2v) is 6.93. The van der Waals surface area contributed by atoms with Gasteiger partial charge in [-0.25, -0.2) is 0 Å². The van der Waals surface area contributed by atoms with Crippen LogP contribution >= 0.6 is 0 Å². The summed E-state index contributed by atoms with van der Waals surface area (Å²) >= 11 is 0. The number of aliphatic imine (C=N–C) groups is 1. The molecule has 0 bridgehead atoms. The van der Waals surface area contributed by atoms with Crippen molar-refractivity contribution in [3.8, 4) is 0 Å². The Morgan fingerprint density at radius 3 is 2.36 bits per heavy atom. The van der Waals surface area contributed by atoms with Gasteiger partial charge >= 0.3 is 5.97 Å². The summed E-state index contributed by atoms with van der Waals surface area (Å²) < 4.78 is 4.62. The fourth-order valence-electron chi connectivity index (χ4n) is 3.35. The van der Waals surface area contributed by atoms with Crippen molar-refractivity contribution in [2.75, 3.05) is 41.3 Å². The standard InChI is InChI=1S/C18H34N4O3/c1-19-17(20-13-9-5-6-10-15(23)25-4)21-14-18(11-7-8-12-18)16(24)22(2)3/h5-14H2,1-4H3,(H2,19,20,21). The van der Waals surface area contributed by atoms with Crippen LogP contribution in [-0.2, 0) is 14.3 Å². The highest BCUT2D eigenvalue weighted by atomic mass is 16.5. The van der Waals surface area contributed by atoms with Crippen LogP contribution in [0.3, 0.4) is 0 Å². The summed E-state index contributed by atoms with van der Waals surface area (Å²) in [5, 5.41) is 6.60. The molecule has 1 saturated carbocycles. The molecule has 0 aromatic carbocycles. The number of hydrogen-bond acceptors (Lipinski definition) is 4. The number of amides is 1. The molecule has 0 heterocycles. The number of guanidine groups is 1. The number of unbranched alkanes of at least 4 members (excludes halogenated alkanes) is 2. The molecule has 0 aromatic heterocycles. The average Bonchev–Trinajstić information content (AvgIpc) is 3.09. The van der Waals surface area contributed by atoms with Crippen molar-refractivity contribution in [1.82, 2.24) is 15.5 Å². The van der Waals surface area contributed by atoms with Gasteiger partial charge in [-0.1, -0.05) is 19.3 Å². The van der Waals surface area contributed by atoms with Crippen molar-refractivity contribution >= 4 is 17.8 Å². The van der Waals surface area contributed by atoms with Gasteiger partial charge in [0.1, 0.15) is 0 Å². The van der Waals surface area contributed by atoms with Crippen LogP contribution in [0.2, 0.25) is 0 Å². The van der Waals surface area contributed by atoms with Gasteiger partial charge in [0.2, 0.25) is 5.91 Å². The maximum absolute atomic E-state index is 12.6. The predicted octanol–water partition coefficient (Wildman–Crippen LogP) is 1.53. The second-order valence-electron chi connectivity index (χ2n) is 6.93. The number of carbonyl (C=O) groups excluding carboxylic acids is 2. The van der Waals surface area contributed by atoms with Gasteiger partial charge in [-0.2, -0.15) is 0 Å². The zero-order chi connectivity index (χ0) is 18.7. The smallest absolute Gasteiger partial charge is 0.305 e. The number of carbonyl (C=O) groups is 2. The Morgan fingerprint density at radius 1 is 1.12 bits per heavy atom. The van der Waals surface area contributed by atoms with Crippen molar-refractivity contribution < 1.29 is 14.3 Å². The van der Waals surface area contributed by atoms with Crippen LogP contribution in [0.15, 0.2) is 4.99 Å². The number of nitrogens with zero attached hydrogens (tertiary/aromatic N) is 2. The van der Waals surface area contributed by atoms with Gasteiger partial charge in [0.15, 0.2) is 5.96 Å². The Bertz CT molecular complexity index is 457. The third-order valence-electron chi connectivity index (χ3n) is 4.82. The minimum atomic E-state index is -0.304. The van der Waals surface area contributed by atoms with Gasteiger partial charge in [-0.3, -0.25) is 14.6 Å². The molecule has 0 unspecified atom stereocenters. The van der Waals surface area contributed by atoms with E-state index in [4.69, 9.17) is 0 Å². The Labute approximate surface area is 151 Å². The normalized spacial score (nSPS) is 16.4. The van der Waals surface area contributed by atoms with Crippen molar-refractivity contribution in [2.45, 2.75) is 51.4 Å². The van der Waals surface area contributed by atoms with E-state index in [1.165, 1.54) is 7.11 Å². The molecule has 7 nitrogen and oxygen atoms in total. The number of esters is 1. The van der Waals surface area contributed by atoms with Crippen molar-refractivity contribution in [3.63, 3.8) is 0 Å². The molecule has 25 heavy (non-hydrogen) atoms. The Kier molecular flexibility index (Phi) is 9.31. The highest BCUT2D eigenvalue weighted by Gasteiger charge is 2.42. The number of ether oxygens (including phenoxy) is 1. The van der Waals surface area contributed by atoms with E-state index in [-0.39, 0.29) is 17.3 Å². The molecule has 1 rings (SSSR count). The summed E-state index contributed by atoms with van der Waals surface area (Å²) in [7, 11) is 6.80. The third-order valence-corrected chi connectivity index (χ3v) is 4.82. The minimum Gasteiger partial charge on any atom is -0.469 e. The molecule has 1 aliphatic rings. The van der Waals surface area contributed by atoms with Gasteiger partial charge in [0.05, 0.1) is 12.5 Å². The summed E-state index contributed by atoms with van der Waals surface area (Å²) in [6, 6.07) is 0. The molecule has 2 N–H and O–H groups in total. The van der Waals surface area contributed by atoms with E-state index in [1.54, 1.807) is 11.9 Å².